The van der Waals surface area contributed by atoms with E-state index in [-0.39, 0.29) is 38.6 Å². The summed E-state index contributed by atoms with van der Waals surface area (Å²) in [6.45, 7) is 1.62. The number of hydrogen-bond acceptors (Lipinski definition) is 8. The molecule has 13 heteroatoms. The topological polar surface area (TPSA) is 135 Å². The van der Waals surface area contributed by atoms with E-state index in [2.05, 4.69) is 5.32 Å². The number of para-hydroxylation sites is 2. The van der Waals surface area contributed by atoms with Crippen LogP contribution in [-0.4, -0.2) is 51.9 Å². The molecule has 1 saturated heterocycles. The van der Waals surface area contributed by atoms with Gasteiger partial charge in [0.25, 0.3) is 17.3 Å². The number of rotatable bonds is 5. The molecule has 180 valence electrons. The number of thiocarbonyl (C=S) groups is 1. The van der Waals surface area contributed by atoms with Crippen LogP contribution in [0.1, 0.15) is 10.6 Å². The van der Waals surface area contributed by atoms with Gasteiger partial charge < -0.3 is 14.2 Å². The van der Waals surface area contributed by atoms with Gasteiger partial charge in [0, 0.05) is 38.3 Å². The smallest absolute Gasteiger partial charge is 0.294 e. The summed E-state index contributed by atoms with van der Waals surface area (Å²) in [4.78, 5) is 37.9. The van der Waals surface area contributed by atoms with Crippen molar-refractivity contribution in [3.8, 4) is 11.3 Å². The number of piperazine rings is 1. The highest BCUT2D eigenvalue weighted by Gasteiger charge is 2.28. The fourth-order valence-corrected chi connectivity index (χ4v) is 4.35. The Kier molecular flexibility index (Phi) is 6.94. The molecule has 0 atom stereocenters. The lowest BCUT2D eigenvalue weighted by Crippen LogP contribution is -2.52. The molecule has 1 fully saturated rings. The van der Waals surface area contributed by atoms with E-state index < -0.39 is 15.8 Å². The summed E-state index contributed by atoms with van der Waals surface area (Å²) in [5.74, 6) is -0.460. The summed E-state index contributed by atoms with van der Waals surface area (Å²) >= 11 is 11.6. The summed E-state index contributed by atoms with van der Waals surface area (Å²) in [5, 5.41) is 25.7. The van der Waals surface area contributed by atoms with Gasteiger partial charge in [0.15, 0.2) is 10.9 Å². The lowest BCUT2D eigenvalue weighted by atomic mass is 10.1. The predicted molar refractivity (Wildman–Crippen MR) is 133 cm³/mol. The Labute approximate surface area is 209 Å². The summed E-state index contributed by atoms with van der Waals surface area (Å²) in [6, 6.07) is 13.5. The number of benzene rings is 2. The molecule has 2 heterocycles. The summed E-state index contributed by atoms with van der Waals surface area (Å²) in [6.07, 6.45) is 0. The fraction of sp³-hybridized carbons (Fsp3) is 0.182. The van der Waals surface area contributed by atoms with Gasteiger partial charge in [-0.25, -0.2) is 0 Å². The molecule has 3 aromatic rings. The molecule has 0 spiro atoms. The van der Waals surface area contributed by atoms with Crippen LogP contribution in [0.2, 0.25) is 5.02 Å². The van der Waals surface area contributed by atoms with E-state index in [9.17, 15) is 25.0 Å². The summed E-state index contributed by atoms with van der Waals surface area (Å²) in [5.41, 5.74) is 0.394. The Morgan fingerprint density at radius 2 is 1.60 bits per heavy atom. The average Bonchev–Trinajstić information content (AvgIpc) is 3.34. The Balaban J connectivity index is 1.40. The predicted octanol–water partition coefficient (Wildman–Crippen LogP) is 4.25. The third-order valence-corrected chi connectivity index (χ3v) is 6.13. The first-order valence-electron chi connectivity index (χ1n) is 10.4. The molecule has 2 aromatic carbocycles. The van der Waals surface area contributed by atoms with Crippen molar-refractivity contribution in [3.05, 3.63) is 85.6 Å². The van der Waals surface area contributed by atoms with Crippen LogP contribution in [0.3, 0.4) is 0 Å². The first kappa shape index (κ1) is 24.1. The van der Waals surface area contributed by atoms with Crippen molar-refractivity contribution >= 4 is 51.9 Å². The number of furan rings is 1. The standard InChI is InChI=1S/C22H18ClN5O6S/c23-15-5-3-7-17(28(32)33)20(15)25-10-12-26(13-11-25)22(35)24-21(29)19-9-8-18(34-19)14-4-1-2-6-16(14)27(30)31/h1-9H,10-13H2,(H,24,29,35). The molecule has 0 radical (unpaired) electrons. The van der Waals surface area contributed by atoms with Gasteiger partial charge in [0.2, 0.25) is 0 Å². The number of nitro groups is 2. The number of nitrogens with one attached hydrogen (secondary N) is 1. The van der Waals surface area contributed by atoms with Crippen molar-refractivity contribution in [3.63, 3.8) is 0 Å². The molecule has 1 aromatic heterocycles. The SMILES string of the molecule is O=C(NC(=S)N1CCN(c2c(Cl)cccc2[N+](=O)[O-])CC1)c1ccc(-c2ccccc2[N+](=O)[O-])o1. The monoisotopic (exact) mass is 515 g/mol. The fourth-order valence-electron chi connectivity index (χ4n) is 3.78. The quantitative estimate of drug-likeness (QED) is 0.300. The molecule has 11 nitrogen and oxygen atoms in total. The van der Waals surface area contributed by atoms with E-state index in [4.69, 9.17) is 28.2 Å². The summed E-state index contributed by atoms with van der Waals surface area (Å²) in [7, 11) is 0. The first-order chi connectivity index (χ1) is 16.8. The first-order valence-corrected chi connectivity index (χ1v) is 11.2. The number of anilines is 1. The zero-order valence-corrected chi connectivity index (χ0v) is 19.6. The molecule has 0 aliphatic carbocycles. The highest BCUT2D eigenvalue weighted by molar-refractivity contribution is 7.80. The van der Waals surface area contributed by atoms with Crippen molar-refractivity contribution in [1.29, 1.82) is 0 Å². The highest BCUT2D eigenvalue weighted by atomic mass is 35.5. The maximum atomic E-state index is 12.7. The lowest BCUT2D eigenvalue weighted by Gasteiger charge is -2.37. The maximum Gasteiger partial charge on any atom is 0.294 e. The number of nitro benzene ring substituents is 2. The molecule has 1 aliphatic rings. The molecule has 0 unspecified atom stereocenters. The molecule has 0 saturated carbocycles. The van der Waals surface area contributed by atoms with Gasteiger partial charge in [0.05, 0.1) is 20.4 Å². The van der Waals surface area contributed by atoms with Gasteiger partial charge in [-0.15, -0.1) is 0 Å². The van der Waals surface area contributed by atoms with Crippen LogP contribution in [0.5, 0.6) is 0 Å². The van der Waals surface area contributed by atoms with Gasteiger partial charge in [-0.3, -0.25) is 30.3 Å². The minimum Gasteiger partial charge on any atom is -0.451 e. The Bertz CT molecular complexity index is 1320. The van der Waals surface area contributed by atoms with Crippen LogP contribution in [0.25, 0.3) is 11.3 Å². The van der Waals surface area contributed by atoms with E-state index in [1.54, 1.807) is 23.1 Å². The minimum absolute atomic E-state index is 0.0502. The van der Waals surface area contributed by atoms with Crippen LogP contribution in [0.4, 0.5) is 17.1 Å². The number of amides is 1. The molecule has 0 bridgehead atoms. The number of nitrogens with zero attached hydrogens (tertiary/aromatic N) is 4. The van der Waals surface area contributed by atoms with Crippen molar-refractivity contribution in [1.82, 2.24) is 10.2 Å². The maximum absolute atomic E-state index is 12.7. The second kappa shape index (κ2) is 10.1. The zero-order chi connectivity index (χ0) is 25.1. The third kappa shape index (κ3) is 5.08. The van der Waals surface area contributed by atoms with Gasteiger partial charge in [-0.05, 0) is 36.5 Å². The van der Waals surface area contributed by atoms with E-state index in [1.165, 1.54) is 36.4 Å². The number of carbonyl (C=O) groups excluding carboxylic acids is 1. The normalized spacial score (nSPS) is 13.4. The molecule has 1 amide bonds. The molecular weight excluding hydrogens is 498 g/mol. The molecular formula is C22H18ClN5O6S. The van der Waals surface area contributed by atoms with Gasteiger partial charge in [0.1, 0.15) is 11.4 Å². The van der Waals surface area contributed by atoms with Gasteiger partial charge in [-0.2, -0.15) is 0 Å². The highest BCUT2D eigenvalue weighted by Crippen LogP contribution is 2.36. The molecule has 35 heavy (non-hydrogen) atoms. The second-order valence-corrected chi connectivity index (χ2v) is 8.33. The van der Waals surface area contributed by atoms with Crippen molar-refractivity contribution in [2.24, 2.45) is 0 Å². The van der Waals surface area contributed by atoms with E-state index in [0.29, 0.717) is 31.9 Å². The van der Waals surface area contributed by atoms with Crippen LogP contribution in [0, 0.1) is 20.2 Å². The average molecular weight is 516 g/mol. The van der Waals surface area contributed by atoms with Crippen LogP contribution in [0.15, 0.2) is 59.0 Å². The van der Waals surface area contributed by atoms with Crippen molar-refractivity contribution in [2.45, 2.75) is 0 Å². The zero-order valence-electron chi connectivity index (χ0n) is 18.0. The Morgan fingerprint density at radius 1 is 0.943 bits per heavy atom. The minimum atomic E-state index is -0.594. The van der Waals surface area contributed by atoms with Gasteiger partial charge in [-0.1, -0.05) is 29.8 Å². The van der Waals surface area contributed by atoms with Crippen LogP contribution < -0.4 is 10.2 Å². The van der Waals surface area contributed by atoms with Crippen LogP contribution in [-0.2, 0) is 0 Å². The number of halogens is 1. The van der Waals surface area contributed by atoms with Crippen molar-refractivity contribution in [2.75, 3.05) is 31.1 Å². The largest absolute Gasteiger partial charge is 0.451 e. The van der Waals surface area contributed by atoms with E-state index >= 15 is 0 Å². The Hall–Kier alpha value is -4.03. The molecule has 4 rings (SSSR count). The van der Waals surface area contributed by atoms with Crippen LogP contribution >= 0.6 is 23.8 Å². The van der Waals surface area contributed by atoms with Gasteiger partial charge >= 0.3 is 0 Å². The lowest BCUT2D eigenvalue weighted by molar-refractivity contribution is -0.384. The number of carbonyl (C=O) groups is 1. The molecule has 1 N–H and O–H groups in total. The second-order valence-electron chi connectivity index (χ2n) is 7.54. The Morgan fingerprint density at radius 3 is 2.29 bits per heavy atom. The number of hydrogen-bond donors (Lipinski definition) is 1. The van der Waals surface area contributed by atoms with E-state index in [0.717, 1.165) is 0 Å². The van der Waals surface area contributed by atoms with Crippen molar-refractivity contribution < 1.29 is 19.1 Å². The third-order valence-electron chi connectivity index (χ3n) is 5.46. The van der Waals surface area contributed by atoms with E-state index in [1.807, 2.05) is 4.90 Å². The molecule has 1 aliphatic heterocycles. The summed E-state index contributed by atoms with van der Waals surface area (Å²) < 4.78 is 5.55.